The van der Waals surface area contributed by atoms with Gasteiger partial charge in [-0.2, -0.15) is 0 Å². The number of aliphatic imine (C=N–C) groups is 1. The van der Waals surface area contributed by atoms with Crippen LogP contribution in [-0.2, 0) is 11.4 Å². The van der Waals surface area contributed by atoms with Crippen LogP contribution in [0.3, 0.4) is 0 Å². The fourth-order valence-corrected chi connectivity index (χ4v) is 4.90. The molecule has 1 heterocycles. The standard InChI is InChI=1S/C27H19IN2O2S/c28-23-13-3-4-14-24(23)29-27-30-26(31)25(33-27)16-18-7-5-11-21(15-18)32-17-20-10-6-9-19-8-1-2-12-22(19)20/h1-16H,17H2,(H,29,30,31)/b25-16+. The third kappa shape index (κ3) is 5.12. The molecule has 1 amide bonds. The molecule has 0 aliphatic carbocycles. The largest absolute Gasteiger partial charge is 0.489 e. The molecule has 0 aromatic heterocycles. The van der Waals surface area contributed by atoms with Crippen molar-refractivity contribution in [2.45, 2.75) is 6.61 Å². The number of rotatable bonds is 5. The molecule has 1 fully saturated rings. The minimum atomic E-state index is -0.147. The van der Waals surface area contributed by atoms with Crippen LogP contribution in [-0.4, -0.2) is 11.1 Å². The molecule has 0 saturated carbocycles. The Morgan fingerprint density at radius 3 is 2.64 bits per heavy atom. The van der Waals surface area contributed by atoms with Crippen molar-refractivity contribution in [2.75, 3.05) is 0 Å². The maximum atomic E-state index is 12.5. The molecule has 1 aliphatic rings. The van der Waals surface area contributed by atoms with Gasteiger partial charge in [0.2, 0.25) is 0 Å². The van der Waals surface area contributed by atoms with E-state index in [2.05, 4.69) is 57.2 Å². The molecule has 1 N–H and O–H groups in total. The van der Waals surface area contributed by atoms with E-state index in [1.807, 2.05) is 72.8 Å². The number of hydrogen-bond acceptors (Lipinski definition) is 4. The zero-order chi connectivity index (χ0) is 22.6. The summed E-state index contributed by atoms with van der Waals surface area (Å²) < 4.78 is 7.12. The van der Waals surface area contributed by atoms with Crippen molar-refractivity contribution in [3.63, 3.8) is 0 Å². The highest BCUT2D eigenvalue weighted by Crippen LogP contribution is 2.30. The number of halogens is 1. The van der Waals surface area contributed by atoms with Gasteiger partial charge in [-0.25, -0.2) is 4.99 Å². The Balaban J connectivity index is 1.32. The molecule has 4 aromatic rings. The number of para-hydroxylation sites is 1. The quantitative estimate of drug-likeness (QED) is 0.212. The Morgan fingerprint density at radius 1 is 0.939 bits per heavy atom. The molecule has 1 aliphatic heterocycles. The van der Waals surface area contributed by atoms with Gasteiger partial charge < -0.3 is 10.1 Å². The number of thioether (sulfide) groups is 1. The van der Waals surface area contributed by atoms with E-state index in [-0.39, 0.29) is 5.91 Å². The lowest BCUT2D eigenvalue weighted by atomic mass is 10.1. The second kappa shape index (κ2) is 9.80. The van der Waals surface area contributed by atoms with Crippen LogP contribution in [0.5, 0.6) is 5.75 Å². The Bertz CT molecular complexity index is 1410. The number of nitrogens with one attached hydrogen (secondary N) is 1. The summed E-state index contributed by atoms with van der Waals surface area (Å²) in [6.45, 7) is 0.475. The minimum absolute atomic E-state index is 0.147. The van der Waals surface area contributed by atoms with Gasteiger partial charge in [0.05, 0.1) is 10.6 Å². The van der Waals surface area contributed by atoms with E-state index in [0.29, 0.717) is 16.7 Å². The van der Waals surface area contributed by atoms with E-state index in [4.69, 9.17) is 4.74 Å². The van der Waals surface area contributed by atoms with Gasteiger partial charge in [-0.1, -0.05) is 66.7 Å². The summed E-state index contributed by atoms with van der Waals surface area (Å²) in [5.41, 5.74) is 2.88. The minimum Gasteiger partial charge on any atom is -0.489 e. The molecule has 4 nitrogen and oxygen atoms in total. The van der Waals surface area contributed by atoms with Crippen molar-refractivity contribution < 1.29 is 9.53 Å². The van der Waals surface area contributed by atoms with Crippen molar-refractivity contribution in [1.29, 1.82) is 0 Å². The van der Waals surface area contributed by atoms with Crippen LogP contribution < -0.4 is 10.1 Å². The second-order valence-electron chi connectivity index (χ2n) is 7.43. The van der Waals surface area contributed by atoms with Gasteiger partial charge in [-0.3, -0.25) is 4.79 Å². The van der Waals surface area contributed by atoms with Gasteiger partial charge in [0.15, 0.2) is 5.17 Å². The van der Waals surface area contributed by atoms with Crippen molar-refractivity contribution in [3.05, 3.63) is 111 Å². The number of hydrogen-bond donors (Lipinski definition) is 1. The summed E-state index contributed by atoms with van der Waals surface area (Å²) in [5.74, 6) is 0.611. The van der Waals surface area contributed by atoms with Crippen LogP contribution in [0.15, 0.2) is 101 Å². The van der Waals surface area contributed by atoms with Gasteiger partial charge in [0.1, 0.15) is 12.4 Å². The lowest BCUT2D eigenvalue weighted by Gasteiger charge is -2.09. The fourth-order valence-electron chi connectivity index (χ4n) is 3.56. The number of benzene rings is 4. The van der Waals surface area contributed by atoms with Crippen LogP contribution in [0.1, 0.15) is 11.1 Å². The lowest BCUT2D eigenvalue weighted by Crippen LogP contribution is -2.19. The van der Waals surface area contributed by atoms with E-state index >= 15 is 0 Å². The molecule has 1 saturated heterocycles. The highest BCUT2D eigenvalue weighted by molar-refractivity contribution is 14.1. The number of amides is 1. The summed E-state index contributed by atoms with van der Waals surface area (Å²) in [7, 11) is 0. The van der Waals surface area contributed by atoms with Gasteiger partial charge in [0.25, 0.3) is 5.91 Å². The molecule has 0 bridgehead atoms. The highest BCUT2D eigenvalue weighted by Gasteiger charge is 2.24. The first-order chi connectivity index (χ1) is 16.2. The summed E-state index contributed by atoms with van der Waals surface area (Å²) in [4.78, 5) is 17.7. The third-order valence-corrected chi connectivity index (χ3v) is 6.98. The molecular formula is C27H19IN2O2S. The van der Waals surface area contributed by atoms with Crippen molar-refractivity contribution >= 4 is 68.0 Å². The van der Waals surface area contributed by atoms with Crippen LogP contribution >= 0.6 is 34.4 Å². The Morgan fingerprint density at radius 2 is 1.73 bits per heavy atom. The van der Waals surface area contributed by atoms with Crippen molar-refractivity contribution in [2.24, 2.45) is 4.99 Å². The van der Waals surface area contributed by atoms with Gasteiger partial charge in [-0.15, -0.1) is 0 Å². The highest BCUT2D eigenvalue weighted by atomic mass is 127. The molecule has 0 spiro atoms. The number of carbonyl (C=O) groups is 1. The predicted octanol–water partition coefficient (Wildman–Crippen LogP) is 6.92. The molecule has 0 radical (unpaired) electrons. The average molecular weight is 562 g/mol. The molecule has 6 heteroatoms. The fraction of sp³-hybridized carbons (Fsp3) is 0.0370. The summed E-state index contributed by atoms with van der Waals surface area (Å²) in [6.07, 6.45) is 1.86. The molecular weight excluding hydrogens is 543 g/mol. The second-order valence-corrected chi connectivity index (χ2v) is 9.63. The maximum absolute atomic E-state index is 12.5. The maximum Gasteiger partial charge on any atom is 0.264 e. The van der Waals surface area contributed by atoms with Crippen LogP contribution in [0.2, 0.25) is 0 Å². The first-order valence-corrected chi connectivity index (χ1v) is 12.3. The van der Waals surface area contributed by atoms with Gasteiger partial charge in [0, 0.05) is 3.57 Å². The van der Waals surface area contributed by atoms with Crippen LogP contribution in [0.25, 0.3) is 16.8 Å². The molecule has 0 unspecified atom stereocenters. The summed E-state index contributed by atoms with van der Waals surface area (Å²) in [6, 6.07) is 30.1. The summed E-state index contributed by atoms with van der Waals surface area (Å²) >= 11 is 3.58. The number of nitrogens with zero attached hydrogens (tertiary/aromatic N) is 1. The molecule has 0 atom stereocenters. The van der Waals surface area contributed by atoms with Gasteiger partial charge >= 0.3 is 0 Å². The Hall–Kier alpha value is -3.10. The van der Waals surface area contributed by atoms with E-state index < -0.39 is 0 Å². The molecule has 4 aromatic carbocycles. The number of ether oxygens (including phenoxy) is 1. The van der Waals surface area contributed by atoms with Crippen LogP contribution in [0.4, 0.5) is 5.69 Å². The van der Waals surface area contributed by atoms with Gasteiger partial charge in [-0.05, 0) is 86.6 Å². The van der Waals surface area contributed by atoms with Crippen molar-refractivity contribution in [3.8, 4) is 5.75 Å². The lowest BCUT2D eigenvalue weighted by molar-refractivity contribution is -0.115. The first kappa shape index (κ1) is 21.7. The van der Waals surface area contributed by atoms with E-state index in [9.17, 15) is 4.79 Å². The Kier molecular flexibility index (Phi) is 6.46. The zero-order valence-corrected chi connectivity index (χ0v) is 20.5. The molecule has 162 valence electrons. The average Bonchev–Trinajstić information content (AvgIpc) is 3.18. The number of amidine groups is 1. The SMILES string of the molecule is O=C1NC(=Nc2ccccc2I)S/C1=C/c1cccc(OCc2cccc3ccccc23)c1. The van der Waals surface area contributed by atoms with E-state index in [0.717, 1.165) is 26.1 Å². The van der Waals surface area contributed by atoms with Crippen LogP contribution in [0, 0.1) is 3.57 Å². The third-order valence-electron chi connectivity index (χ3n) is 5.16. The Labute approximate surface area is 209 Å². The predicted molar refractivity (Wildman–Crippen MR) is 145 cm³/mol. The zero-order valence-electron chi connectivity index (χ0n) is 17.5. The molecule has 5 rings (SSSR count). The van der Waals surface area contributed by atoms with E-state index in [1.165, 1.54) is 22.5 Å². The van der Waals surface area contributed by atoms with E-state index in [1.54, 1.807) is 0 Å². The number of carbonyl (C=O) groups excluding carboxylic acids is 1. The topological polar surface area (TPSA) is 50.7 Å². The summed E-state index contributed by atoms with van der Waals surface area (Å²) in [5, 5.41) is 5.82. The van der Waals surface area contributed by atoms with Crippen molar-refractivity contribution in [1.82, 2.24) is 5.32 Å². The monoisotopic (exact) mass is 562 g/mol. The number of fused-ring (bicyclic) bond motifs is 1. The normalized spacial score (nSPS) is 15.8. The first-order valence-electron chi connectivity index (χ1n) is 10.4. The molecule has 33 heavy (non-hydrogen) atoms. The smallest absolute Gasteiger partial charge is 0.264 e.